The number of esters is 1. The van der Waals surface area contributed by atoms with Crippen molar-refractivity contribution in [3.8, 4) is 0 Å². The second-order valence-corrected chi connectivity index (χ2v) is 6.08. The Labute approximate surface area is 147 Å². The third-order valence-electron chi connectivity index (χ3n) is 4.29. The van der Waals surface area contributed by atoms with E-state index in [1.54, 1.807) is 26.0 Å². The Bertz CT molecular complexity index is 673. The smallest absolute Gasteiger partial charge is 0.337 e. The molecule has 0 saturated heterocycles. The zero-order chi connectivity index (χ0) is 18.6. The molecule has 25 heavy (non-hydrogen) atoms. The minimum atomic E-state index is -0.444. The molecule has 2 unspecified atom stereocenters. The maximum Gasteiger partial charge on any atom is 0.337 e. The summed E-state index contributed by atoms with van der Waals surface area (Å²) in [7, 11) is 1.88. The van der Waals surface area contributed by atoms with Crippen LogP contribution in [0, 0.1) is 5.82 Å². The summed E-state index contributed by atoms with van der Waals surface area (Å²) < 4.78 is 18.2. The lowest BCUT2D eigenvalue weighted by molar-refractivity contribution is -0.139. The number of ether oxygens (including phenoxy) is 1. The summed E-state index contributed by atoms with van der Waals surface area (Å²) in [6.45, 7) is 6.07. The van der Waals surface area contributed by atoms with Gasteiger partial charge in [0, 0.05) is 18.3 Å². The largest absolute Gasteiger partial charge is 0.463 e. The average Bonchev–Trinajstić information content (AvgIpc) is 2.54. The maximum absolute atomic E-state index is 13.1. The van der Waals surface area contributed by atoms with Crippen LogP contribution in [0.15, 0.2) is 35.5 Å². The summed E-state index contributed by atoms with van der Waals surface area (Å²) in [6, 6.07) is 5.46. The first-order valence-corrected chi connectivity index (χ1v) is 8.26. The van der Waals surface area contributed by atoms with Crippen molar-refractivity contribution in [3.05, 3.63) is 46.9 Å². The monoisotopic (exact) mass is 349 g/mol. The highest BCUT2D eigenvalue weighted by molar-refractivity contribution is 5.94. The van der Waals surface area contributed by atoms with Crippen molar-refractivity contribution in [2.75, 3.05) is 20.2 Å². The Morgan fingerprint density at radius 2 is 2.00 bits per heavy atom. The SMILES string of the molecule is CCOC(=O)C1=C(CN(C)C(C)c2ccc(F)cc2)NC(=O)NC1C. The molecular formula is C18H24FN3O3. The second-order valence-electron chi connectivity index (χ2n) is 6.08. The fourth-order valence-corrected chi connectivity index (χ4v) is 2.79. The zero-order valence-corrected chi connectivity index (χ0v) is 14.9. The van der Waals surface area contributed by atoms with E-state index in [1.165, 1.54) is 12.1 Å². The number of rotatable bonds is 6. The number of urea groups is 1. The van der Waals surface area contributed by atoms with Crippen LogP contribution in [0.1, 0.15) is 32.4 Å². The van der Waals surface area contributed by atoms with Gasteiger partial charge in [-0.1, -0.05) is 12.1 Å². The van der Waals surface area contributed by atoms with E-state index in [1.807, 2.05) is 18.9 Å². The average molecular weight is 349 g/mol. The van der Waals surface area contributed by atoms with Crippen LogP contribution in [0.2, 0.25) is 0 Å². The van der Waals surface area contributed by atoms with E-state index < -0.39 is 12.0 Å². The summed E-state index contributed by atoms with van der Waals surface area (Å²) in [5.41, 5.74) is 1.88. The lowest BCUT2D eigenvalue weighted by Gasteiger charge is -2.31. The van der Waals surface area contributed by atoms with Crippen molar-refractivity contribution < 1.29 is 18.7 Å². The molecule has 0 spiro atoms. The molecule has 0 bridgehead atoms. The molecule has 0 saturated carbocycles. The summed E-state index contributed by atoms with van der Waals surface area (Å²) in [4.78, 5) is 26.0. The van der Waals surface area contributed by atoms with Gasteiger partial charge in [0.1, 0.15) is 5.82 Å². The van der Waals surface area contributed by atoms with Gasteiger partial charge in [0.25, 0.3) is 0 Å². The first-order valence-electron chi connectivity index (χ1n) is 8.26. The minimum absolute atomic E-state index is 0.0290. The molecule has 2 atom stereocenters. The summed E-state index contributed by atoms with van der Waals surface area (Å²) in [5, 5.41) is 5.38. The molecule has 0 fully saturated rings. The van der Waals surface area contributed by atoms with Gasteiger partial charge >= 0.3 is 12.0 Å². The first-order chi connectivity index (χ1) is 11.8. The molecule has 0 radical (unpaired) electrons. The van der Waals surface area contributed by atoms with Gasteiger partial charge in [-0.15, -0.1) is 0 Å². The van der Waals surface area contributed by atoms with E-state index in [4.69, 9.17) is 4.74 Å². The highest BCUT2D eigenvalue weighted by atomic mass is 19.1. The molecule has 1 heterocycles. The fourth-order valence-electron chi connectivity index (χ4n) is 2.79. The molecule has 2 amide bonds. The number of hydrogen-bond donors (Lipinski definition) is 2. The molecule has 1 aliphatic rings. The number of benzene rings is 1. The van der Waals surface area contributed by atoms with Crippen LogP contribution in [0.25, 0.3) is 0 Å². The van der Waals surface area contributed by atoms with Crippen molar-refractivity contribution >= 4 is 12.0 Å². The number of nitrogens with zero attached hydrogens (tertiary/aromatic N) is 1. The number of likely N-dealkylation sites (N-methyl/N-ethyl adjacent to an activating group) is 1. The van der Waals surface area contributed by atoms with Gasteiger partial charge in [-0.25, -0.2) is 14.0 Å². The van der Waals surface area contributed by atoms with Crippen LogP contribution in [0.4, 0.5) is 9.18 Å². The zero-order valence-electron chi connectivity index (χ0n) is 14.9. The normalized spacial score (nSPS) is 18.6. The summed E-state index contributed by atoms with van der Waals surface area (Å²) in [6.07, 6.45) is 0. The molecule has 6 nitrogen and oxygen atoms in total. The molecular weight excluding hydrogens is 325 g/mol. The number of carbonyl (C=O) groups is 2. The molecule has 7 heteroatoms. The van der Waals surface area contributed by atoms with Crippen molar-refractivity contribution in [2.45, 2.75) is 32.9 Å². The lowest BCUT2D eigenvalue weighted by Crippen LogP contribution is -2.51. The van der Waals surface area contributed by atoms with Gasteiger partial charge in [-0.2, -0.15) is 0 Å². The molecule has 0 aromatic heterocycles. The van der Waals surface area contributed by atoms with E-state index in [9.17, 15) is 14.0 Å². The van der Waals surface area contributed by atoms with Crippen LogP contribution in [0.3, 0.4) is 0 Å². The van der Waals surface area contributed by atoms with Crippen molar-refractivity contribution in [1.82, 2.24) is 15.5 Å². The first kappa shape index (κ1) is 18.9. The Morgan fingerprint density at radius 3 is 2.60 bits per heavy atom. The molecule has 136 valence electrons. The van der Waals surface area contributed by atoms with Crippen molar-refractivity contribution in [1.29, 1.82) is 0 Å². The molecule has 2 rings (SSSR count). The van der Waals surface area contributed by atoms with Crippen molar-refractivity contribution in [2.24, 2.45) is 0 Å². The Kier molecular flexibility index (Phi) is 6.14. The van der Waals surface area contributed by atoms with Gasteiger partial charge in [0.15, 0.2) is 0 Å². The van der Waals surface area contributed by atoms with Crippen LogP contribution in [-0.4, -0.2) is 43.1 Å². The Morgan fingerprint density at radius 1 is 1.36 bits per heavy atom. The number of carbonyl (C=O) groups excluding carboxylic acids is 2. The number of halogens is 1. The second kappa shape index (κ2) is 8.11. The third-order valence-corrected chi connectivity index (χ3v) is 4.29. The number of nitrogens with one attached hydrogen (secondary N) is 2. The molecule has 0 aliphatic carbocycles. The standard InChI is InChI=1S/C18H24FN3O3/c1-5-25-17(23)16-11(2)20-18(24)21-15(16)10-22(4)12(3)13-6-8-14(19)9-7-13/h6-9,11-12H,5,10H2,1-4H3,(H2,20,21,24). The van der Waals surface area contributed by atoms with Gasteiger partial charge < -0.3 is 15.4 Å². The highest BCUT2D eigenvalue weighted by Gasteiger charge is 2.30. The van der Waals surface area contributed by atoms with Gasteiger partial charge in [-0.05, 0) is 45.5 Å². The minimum Gasteiger partial charge on any atom is -0.463 e. The Hall–Kier alpha value is -2.41. The quantitative estimate of drug-likeness (QED) is 0.774. The topological polar surface area (TPSA) is 70.7 Å². The number of amides is 2. The van der Waals surface area contributed by atoms with E-state index in [0.717, 1.165) is 5.56 Å². The van der Waals surface area contributed by atoms with Gasteiger partial charge in [0.05, 0.1) is 18.2 Å². The molecule has 1 aromatic carbocycles. The maximum atomic E-state index is 13.1. The van der Waals surface area contributed by atoms with Crippen LogP contribution < -0.4 is 10.6 Å². The summed E-state index contributed by atoms with van der Waals surface area (Å²) in [5.74, 6) is -0.731. The third kappa shape index (κ3) is 4.57. The van der Waals surface area contributed by atoms with E-state index in [-0.39, 0.29) is 24.5 Å². The predicted octanol–water partition coefficient (Wildman–Crippen LogP) is 2.34. The lowest BCUT2D eigenvalue weighted by atomic mass is 10.0. The van der Waals surface area contributed by atoms with Crippen LogP contribution in [-0.2, 0) is 9.53 Å². The summed E-state index contributed by atoms with van der Waals surface area (Å²) >= 11 is 0. The highest BCUT2D eigenvalue weighted by Crippen LogP contribution is 2.22. The van der Waals surface area contributed by atoms with Gasteiger partial charge in [-0.3, -0.25) is 4.90 Å². The Balaban J connectivity index is 2.23. The predicted molar refractivity (Wildman–Crippen MR) is 92.2 cm³/mol. The molecule has 2 N–H and O–H groups in total. The van der Waals surface area contributed by atoms with E-state index >= 15 is 0 Å². The molecule has 1 aliphatic heterocycles. The van der Waals surface area contributed by atoms with E-state index in [2.05, 4.69) is 10.6 Å². The van der Waals surface area contributed by atoms with Crippen LogP contribution in [0.5, 0.6) is 0 Å². The van der Waals surface area contributed by atoms with Gasteiger partial charge in [0.2, 0.25) is 0 Å². The van der Waals surface area contributed by atoms with Crippen molar-refractivity contribution in [3.63, 3.8) is 0 Å². The van der Waals surface area contributed by atoms with E-state index in [0.29, 0.717) is 17.8 Å². The molecule has 1 aromatic rings. The fraction of sp³-hybridized carbons (Fsp3) is 0.444. The van der Waals surface area contributed by atoms with Crippen LogP contribution >= 0.6 is 0 Å². The number of hydrogen-bond acceptors (Lipinski definition) is 4.